The molecule has 0 radical (unpaired) electrons. The van der Waals surface area contributed by atoms with Gasteiger partial charge in [0.25, 0.3) is 10.2 Å². The second kappa shape index (κ2) is 4.60. The number of aromatic nitrogens is 2. The van der Waals surface area contributed by atoms with Crippen LogP contribution >= 0.6 is 0 Å². The van der Waals surface area contributed by atoms with Crippen LogP contribution in [0.4, 0.5) is 5.82 Å². The number of nitrogen functional groups attached to an aromatic ring is 1. The summed E-state index contributed by atoms with van der Waals surface area (Å²) in [7, 11) is -3.47. The Balaban J connectivity index is 2.54. The van der Waals surface area contributed by atoms with E-state index in [1.54, 1.807) is 13.8 Å². The minimum atomic E-state index is -3.47. The zero-order valence-electron chi connectivity index (χ0n) is 8.61. The number of anilines is 1. The molecule has 1 heterocycles. The highest BCUT2D eigenvalue weighted by Gasteiger charge is 2.11. The fourth-order valence-electron chi connectivity index (χ4n) is 0.987. The number of rotatable bonds is 5. The van der Waals surface area contributed by atoms with Crippen molar-refractivity contribution in [2.45, 2.75) is 26.4 Å². The summed E-state index contributed by atoms with van der Waals surface area (Å²) < 4.78 is 27.5. The summed E-state index contributed by atoms with van der Waals surface area (Å²) in [6.45, 7) is 3.60. The van der Waals surface area contributed by atoms with E-state index in [9.17, 15) is 8.42 Å². The fourth-order valence-corrected chi connectivity index (χ4v) is 2.04. The van der Waals surface area contributed by atoms with Crippen LogP contribution in [0.2, 0.25) is 0 Å². The number of H-pyrrole nitrogens is 1. The van der Waals surface area contributed by atoms with Gasteiger partial charge >= 0.3 is 0 Å². The van der Waals surface area contributed by atoms with Crippen LogP contribution in [0, 0.1) is 0 Å². The van der Waals surface area contributed by atoms with E-state index in [0.29, 0.717) is 11.4 Å². The first-order valence-corrected chi connectivity index (χ1v) is 5.93. The lowest BCUT2D eigenvalue weighted by Crippen LogP contribution is -2.39. The first kappa shape index (κ1) is 12.0. The maximum absolute atomic E-state index is 11.4. The molecule has 0 aliphatic carbocycles. The molecule has 0 saturated carbocycles. The Kier molecular flexibility index (Phi) is 3.66. The van der Waals surface area contributed by atoms with Gasteiger partial charge in [-0.3, -0.25) is 5.10 Å². The number of nitrogens with one attached hydrogen (secondary N) is 3. The molecular weight excluding hydrogens is 218 g/mol. The predicted octanol–water partition coefficient (Wildman–Crippen LogP) is -0.676. The second-order valence-corrected chi connectivity index (χ2v) is 4.94. The standard InChI is InChI=1S/C7H15N5O2S/c1-5(2)12-15(13,14)10-4-6-3-9-11-7(6)8/h3,5,10,12H,4H2,1-2H3,(H3,8,9,11). The van der Waals surface area contributed by atoms with Gasteiger partial charge in [0.1, 0.15) is 5.82 Å². The Morgan fingerprint density at radius 3 is 2.73 bits per heavy atom. The third kappa shape index (κ3) is 3.86. The molecule has 0 fully saturated rings. The molecule has 0 saturated heterocycles. The predicted molar refractivity (Wildman–Crippen MR) is 57.0 cm³/mol. The maximum Gasteiger partial charge on any atom is 0.277 e. The smallest absolute Gasteiger partial charge is 0.277 e. The van der Waals surface area contributed by atoms with Crippen molar-refractivity contribution < 1.29 is 8.42 Å². The molecule has 8 heteroatoms. The Labute approximate surface area is 88.6 Å². The van der Waals surface area contributed by atoms with Crippen molar-refractivity contribution in [3.05, 3.63) is 11.8 Å². The summed E-state index contributed by atoms with van der Waals surface area (Å²) in [5, 5.41) is 6.20. The van der Waals surface area contributed by atoms with Crippen LogP contribution in [0.3, 0.4) is 0 Å². The minimum Gasteiger partial charge on any atom is -0.384 e. The summed E-state index contributed by atoms with van der Waals surface area (Å²) in [5.41, 5.74) is 6.11. The molecule has 7 nitrogen and oxygen atoms in total. The van der Waals surface area contributed by atoms with Gasteiger partial charge < -0.3 is 5.73 Å². The van der Waals surface area contributed by atoms with Crippen LogP contribution < -0.4 is 15.2 Å². The summed E-state index contributed by atoms with van der Waals surface area (Å²) in [6, 6.07) is -0.149. The van der Waals surface area contributed by atoms with Crippen molar-refractivity contribution in [1.82, 2.24) is 19.6 Å². The Morgan fingerprint density at radius 2 is 2.27 bits per heavy atom. The molecule has 0 amide bonds. The Bertz CT molecular complexity index is 411. The van der Waals surface area contributed by atoms with Crippen LogP contribution in [0.1, 0.15) is 19.4 Å². The van der Waals surface area contributed by atoms with Crippen molar-refractivity contribution >= 4 is 16.0 Å². The molecule has 0 spiro atoms. The molecule has 86 valence electrons. The topological polar surface area (TPSA) is 113 Å². The first-order valence-electron chi connectivity index (χ1n) is 4.45. The third-order valence-corrected chi connectivity index (χ3v) is 2.90. The third-order valence-electron chi connectivity index (χ3n) is 1.59. The van der Waals surface area contributed by atoms with Crippen LogP contribution in [0.5, 0.6) is 0 Å². The molecule has 1 aromatic heterocycles. The molecule has 0 aliphatic rings. The zero-order chi connectivity index (χ0) is 11.5. The normalized spacial score (nSPS) is 12.2. The van der Waals surface area contributed by atoms with E-state index in [2.05, 4.69) is 19.6 Å². The molecule has 0 atom stereocenters. The van der Waals surface area contributed by atoms with Crippen molar-refractivity contribution in [3.8, 4) is 0 Å². The number of nitrogens with zero attached hydrogens (tertiary/aromatic N) is 1. The van der Waals surface area contributed by atoms with Gasteiger partial charge in [0.15, 0.2) is 0 Å². The summed E-state index contributed by atoms with van der Waals surface area (Å²) in [4.78, 5) is 0. The summed E-state index contributed by atoms with van der Waals surface area (Å²) in [6.07, 6.45) is 1.48. The quantitative estimate of drug-likeness (QED) is 0.540. The average molecular weight is 233 g/mol. The molecule has 0 aliphatic heterocycles. The average Bonchev–Trinajstić information content (AvgIpc) is 2.45. The van der Waals surface area contributed by atoms with Crippen LogP contribution in [-0.4, -0.2) is 24.7 Å². The maximum atomic E-state index is 11.4. The van der Waals surface area contributed by atoms with E-state index < -0.39 is 10.2 Å². The van der Waals surface area contributed by atoms with Crippen LogP contribution in [-0.2, 0) is 16.8 Å². The van der Waals surface area contributed by atoms with E-state index in [0.717, 1.165) is 0 Å². The highest BCUT2D eigenvalue weighted by atomic mass is 32.2. The van der Waals surface area contributed by atoms with Gasteiger partial charge in [-0.05, 0) is 13.8 Å². The van der Waals surface area contributed by atoms with E-state index >= 15 is 0 Å². The lowest BCUT2D eigenvalue weighted by Gasteiger charge is -2.09. The summed E-state index contributed by atoms with van der Waals surface area (Å²) >= 11 is 0. The Hall–Kier alpha value is -1.12. The van der Waals surface area contributed by atoms with Crippen LogP contribution in [0.25, 0.3) is 0 Å². The largest absolute Gasteiger partial charge is 0.384 e. The molecule has 1 rings (SSSR count). The van der Waals surface area contributed by atoms with Gasteiger partial charge in [-0.25, -0.2) is 0 Å². The minimum absolute atomic E-state index is 0.115. The second-order valence-electron chi connectivity index (χ2n) is 3.41. The van der Waals surface area contributed by atoms with Crippen molar-refractivity contribution in [2.75, 3.05) is 5.73 Å². The molecule has 5 N–H and O–H groups in total. The zero-order valence-corrected chi connectivity index (χ0v) is 9.43. The monoisotopic (exact) mass is 233 g/mol. The molecular formula is C7H15N5O2S. The summed E-state index contributed by atoms with van der Waals surface area (Å²) in [5.74, 6) is 0.363. The molecule has 0 unspecified atom stereocenters. The molecule has 0 bridgehead atoms. The SMILES string of the molecule is CC(C)NS(=O)(=O)NCc1cn[nH]c1N. The van der Waals surface area contributed by atoms with Crippen molar-refractivity contribution in [1.29, 1.82) is 0 Å². The fraction of sp³-hybridized carbons (Fsp3) is 0.571. The van der Waals surface area contributed by atoms with E-state index in [-0.39, 0.29) is 12.6 Å². The molecule has 1 aromatic rings. The van der Waals surface area contributed by atoms with Gasteiger partial charge in [0.05, 0.1) is 6.20 Å². The van der Waals surface area contributed by atoms with Gasteiger partial charge in [-0.1, -0.05) is 0 Å². The number of nitrogens with two attached hydrogens (primary N) is 1. The number of hydrogen-bond acceptors (Lipinski definition) is 4. The van der Waals surface area contributed by atoms with Gasteiger partial charge in [-0.15, -0.1) is 0 Å². The number of hydrogen-bond donors (Lipinski definition) is 4. The molecule has 15 heavy (non-hydrogen) atoms. The first-order chi connectivity index (χ1) is 6.91. The van der Waals surface area contributed by atoms with E-state index in [1.807, 2.05) is 0 Å². The highest BCUT2D eigenvalue weighted by molar-refractivity contribution is 7.87. The van der Waals surface area contributed by atoms with Crippen molar-refractivity contribution in [3.63, 3.8) is 0 Å². The Morgan fingerprint density at radius 1 is 1.60 bits per heavy atom. The van der Waals surface area contributed by atoms with Gasteiger partial charge in [-0.2, -0.15) is 23.0 Å². The van der Waals surface area contributed by atoms with Gasteiger partial charge in [0.2, 0.25) is 0 Å². The number of aromatic amines is 1. The highest BCUT2D eigenvalue weighted by Crippen LogP contribution is 2.05. The van der Waals surface area contributed by atoms with E-state index in [4.69, 9.17) is 5.73 Å². The lowest BCUT2D eigenvalue weighted by molar-refractivity contribution is 0.555. The van der Waals surface area contributed by atoms with E-state index in [1.165, 1.54) is 6.20 Å². The lowest BCUT2D eigenvalue weighted by atomic mass is 10.3. The van der Waals surface area contributed by atoms with Gasteiger partial charge in [0, 0.05) is 18.2 Å². The van der Waals surface area contributed by atoms with Crippen molar-refractivity contribution in [2.24, 2.45) is 0 Å². The molecule has 0 aromatic carbocycles. The van der Waals surface area contributed by atoms with Crippen LogP contribution in [0.15, 0.2) is 6.20 Å².